The molecule has 0 aliphatic carbocycles. The molecule has 1 atom stereocenters. The summed E-state index contributed by atoms with van der Waals surface area (Å²) < 4.78 is 27.8. The predicted molar refractivity (Wildman–Crippen MR) is 102 cm³/mol. The summed E-state index contributed by atoms with van der Waals surface area (Å²) in [7, 11) is -3.71. The molecule has 1 amide bonds. The summed E-state index contributed by atoms with van der Waals surface area (Å²) >= 11 is 1.21. The molecule has 3 N–H and O–H groups in total. The average molecular weight is 406 g/mol. The second kappa shape index (κ2) is 6.59. The smallest absolute Gasteiger partial charge is 0.273 e. The van der Waals surface area contributed by atoms with Gasteiger partial charge in [0.1, 0.15) is 16.2 Å². The fourth-order valence-corrected chi connectivity index (χ4v) is 5.60. The van der Waals surface area contributed by atoms with Crippen molar-refractivity contribution in [3.63, 3.8) is 0 Å². The zero-order valence-electron chi connectivity index (χ0n) is 14.5. The van der Waals surface area contributed by atoms with E-state index in [4.69, 9.17) is 5.73 Å². The molecule has 0 radical (unpaired) electrons. The molecule has 0 unspecified atom stereocenters. The number of nitrogens with two attached hydrogens (primary N) is 1. The van der Waals surface area contributed by atoms with Gasteiger partial charge in [-0.05, 0) is 19.1 Å². The zero-order chi connectivity index (χ0) is 19.2. The second-order valence-electron chi connectivity index (χ2n) is 6.34. The summed E-state index contributed by atoms with van der Waals surface area (Å²) in [5, 5.41) is 2.51. The Morgan fingerprint density at radius 2 is 2.22 bits per heavy atom. The number of piperazine rings is 1. The number of hydrogen-bond acceptors (Lipinski definition) is 7. The van der Waals surface area contributed by atoms with E-state index in [2.05, 4.69) is 15.0 Å². The lowest BCUT2D eigenvalue weighted by molar-refractivity contribution is 0.0637. The van der Waals surface area contributed by atoms with E-state index in [1.54, 1.807) is 35.5 Å². The van der Waals surface area contributed by atoms with Crippen LogP contribution in [-0.4, -0.2) is 64.2 Å². The van der Waals surface area contributed by atoms with Crippen molar-refractivity contribution in [3.05, 3.63) is 35.6 Å². The van der Waals surface area contributed by atoms with Crippen LogP contribution in [0.25, 0.3) is 11.0 Å². The van der Waals surface area contributed by atoms with Gasteiger partial charge in [0.2, 0.25) is 10.0 Å². The molecule has 9 nitrogen and oxygen atoms in total. The van der Waals surface area contributed by atoms with E-state index in [-0.39, 0.29) is 29.9 Å². The number of nitrogens with zero attached hydrogens (tertiary/aromatic N) is 4. The Labute approximate surface area is 159 Å². The van der Waals surface area contributed by atoms with E-state index in [0.717, 1.165) is 0 Å². The Balaban J connectivity index is 1.57. The highest BCUT2D eigenvalue weighted by Crippen LogP contribution is 2.27. The van der Waals surface area contributed by atoms with Gasteiger partial charge in [-0.2, -0.15) is 4.31 Å². The van der Waals surface area contributed by atoms with Crippen LogP contribution >= 0.6 is 11.3 Å². The number of pyridine rings is 1. The molecule has 4 rings (SSSR count). The lowest BCUT2D eigenvalue weighted by atomic mass is 10.2. The van der Waals surface area contributed by atoms with Crippen LogP contribution in [0.2, 0.25) is 0 Å². The third-order valence-corrected chi connectivity index (χ3v) is 7.32. The highest BCUT2D eigenvalue weighted by Gasteiger charge is 2.37. The fraction of sp³-hybridized carbons (Fsp3) is 0.312. The van der Waals surface area contributed by atoms with Gasteiger partial charge in [0.25, 0.3) is 5.91 Å². The van der Waals surface area contributed by atoms with Crippen molar-refractivity contribution in [2.24, 2.45) is 0 Å². The number of rotatable bonds is 3. The van der Waals surface area contributed by atoms with Crippen LogP contribution in [0, 0.1) is 0 Å². The highest BCUT2D eigenvalue weighted by molar-refractivity contribution is 7.89. The number of sulfonamides is 1. The van der Waals surface area contributed by atoms with Gasteiger partial charge in [-0.1, -0.05) is 0 Å². The molecule has 3 aromatic rings. The van der Waals surface area contributed by atoms with Crippen LogP contribution in [0.5, 0.6) is 0 Å². The molecule has 3 aromatic heterocycles. The van der Waals surface area contributed by atoms with Crippen molar-refractivity contribution in [1.29, 1.82) is 0 Å². The maximum absolute atomic E-state index is 13.2. The number of carbonyl (C=O) groups excluding carboxylic acids is 1. The Morgan fingerprint density at radius 3 is 2.93 bits per heavy atom. The van der Waals surface area contributed by atoms with E-state index >= 15 is 0 Å². The summed E-state index contributed by atoms with van der Waals surface area (Å²) in [5.74, 6) is -0.233. The molecule has 1 aliphatic rings. The number of carbonyl (C=O) groups is 1. The van der Waals surface area contributed by atoms with Gasteiger partial charge < -0.3 is 15.6 Å². The summed E-state index contributed by atoms with van der Waals surface area (Å²) in [4.78, 5) is 25.4. The normalized spacial score (nSPS) is 18.9. The molecule has 27 heavy (non-hydrogen) atoms. The number of fused-ring (bicyclic) bond motifs is 1. The van der Waals surface area contributed by atoms with E-state index in [0.29, 0.717) is 28.4 Å². The molecule has 0 aromatic carbocycles. The molecule has 0 saturated carbocycles. The predicted octanol–water partition coefficient (Wildman–Crippen LogP) is 1.14. The minimum absolute atomic E-state index is 0.199. The van der Waals surface area contributed by atoms with E-state index < -0.39 is 10.0 Å². The van der Waals surface area contributed by atoms with Crippen LogP contribution in [0.1, 0.15) is 17.4 Å². The first kappa shape index (κ1) is 17.9. The first-order valence-electron chi connectivity index (χ1n) is 8.32. The first-order valence-corrected chi connectivity index (χ1v) is 10.6. The first-order chi connectivity index (χ1) is 12.9. The van der Waals surface area contributed by atoms with Crippen molar-refractivity contribution >= 4 is 43.4 Å². The Bertz CT molecular complexity index is 1110. The van der Waals surface area contributed by atoms with Gasteiger partial charge in [0.15, 0.2) is 5.13 Å². The summed E-state index contributed by atoms with van der Waals surface area (Å²) in [6.07, 6.45) is 3.07. The molecule has 11 heteroatoms. The number of amides is 1. The van der Waals surface area contributed by atoms with E-state index in [1.807, 2.05) is 0 Å². The molecule has 4 heterocycles. The number of nitrogen functional groups attached to an aromatic ring is 1. The van der Waals surface area contributed by atoms with Gasteiger partial charge in [-0.15, -0.1) is 11.3 Å². The minimum Gasteiger partial charge on any atom is -0.375 e. The van der Waals surface area contributed by atoms with Crippen molar-refractivity contribution in [3.8, 4) is 0 Å². The largest absolute Gasteiger partial charge is 0.375 e. The quantitative estimate of drug-likeness (QED) is 0.672. The van der Waals surface area contributed by atoms with E-state index in [9.17, 15) is 13.2 Å². The van der Waals surface area contributed by atoms with Crippen molar-refractivity contribution in [2.75, 3.05) is 25.4 Å². The maximum atomic E-state index is 13.2. The van der Waals surface area contributed by atoms with Crippen molar-refractivity contribution < 1.29 is 13.2 Å². The number of nitrogens with one attached hydrogen (secondary N) is 1. The molecular weight excluding hydrogens is 388 g/mol. The van der Waals surface area contributed by atoms with Crippen molar-refractivity contribution in [1.82, 2.24) is 24.2 Å². The zero-order valence-corrected chi connectivity index (χ0v) is 16.1. The third kappa shape index (κ3) is 3.07. The number of thiazole rings is 1. The molecule has 1 aliphatic heterocycles. The lowest BCUT2D eigenvalue weighted by Crippen LogP contribution is -2.55. The molecule has 0 spiro atoms. The molecule has 1 fully saturated rings. The number of aromatic nitrogens is 3. The third-order valence-electron chi connectivity index (χ3n) is 4.59. The Kier molecular flexibility index (Phi) is 4.36. The second-order valence-corrected chi connectivity index (χ2v) is 9.09. The van der Waals surface area contributed by atoms with Crippen LogP contribution in [0.15, 0.2) is 34.8 Å². The maximum Gasteiger partial charge on any atom is 0.273 e. The van der Waals surface area contributed by atoms with Gasteiger partial charge >= 0.3 is 0 Å². The molecule has 1 saturated heterocycles. The fourth-order valence-electron chi connectivity index (χ4n) is 3.30. The van der Waals surface area contributed by atoms with Crippen LogP contribution in [0.4, 0.5) is 5.13 Å². The SMILES string of the molecule is C[C@H]1CN(C(=O)c2csc(N)n2)CCN1S(=O)(=O)c1c[nH]c2ncccc12. The topological polar surface area (TPSA) is 125 Å². The van der Waals surface area contributed by atoms with Gasteiger partial charge in [0.05, 0.1) is 0 Å². The molecule has 0 bridgehead atoms. The van der Waals surface area contributed by atoms with Crippen LogP contribution < -0.4 is 5.73 Å². The Morgan fingerprint density at radius 1 is 1.41 bits per heavy atom. The summed E-state index contributed by atoms with van der Waals surface area (Å²) in [5.41, 5.74) is 6.41. The minimum atomic E-state index is -3.71. The number of aromatic amines is 1. The average Bonchev–Trinajstić information content (AvgIpc) is 3.27. The number of hydrogen-bond donors (Lipinski definition) is 2. The summed E-state index contributed by atoms with van der Waals surface area (Å²) in [6, 6.07) is 3.06. The van der Waals surface area contributed by atoms with Crippen LogP contribution in [-0.2, 0) is 10.0 Å². The van der Waals surface area contributed by atoms with Gasteiger partial charge in [-0.25, -0.2) is 18.4 Å². The number of H-pyrrole nitrogens is 1. The summed E-state index contributed by atoms with van der Waals surface area (Å²) in [6.45, 7) is 2.58. The lowest BCUT2D eigenvalue weighted by Gasteiger charge is -2.38. The van der Waals surface area contributed by atoms with Gasteiger partial charge in [0, 0.05) is 48.8 Å². The van der Waals surface area contributed by atoms with Crippen LogP contribution in [0.3, 0.4) is 0 Å². The molecule has 142 valence electrons. The molecular formula is C16H18N6O3S2. The highest BCUT2D eigenvalue weighted by atomic mass is 32.2. The van der Waals surface area contributed by atoms with Crippen molar-refractivity contribution in [2.45, 2.75) is 17.9 Å². The standard InChI is InChI=1S/C16H18N6O3S2/c1-10-8-21(15(23)12-9-26-16(17)20-12)5-6-22(10)27(24,25)13-7-19-14-11(13)3-2-4-18-14/h2-4,7,9-10H,5-6,8H2,1H3,(H2,17,20)(H,18,19)/t10-/m0/s1. The van der Waals surface area contributed by atoms with E-state index in [1.165, 1.54) is 21.8 Å². The monoisotopic (exact) mass is 406 g/mol. The number of anilines is 1. The van der Waals surface area contributed by atoms with Gasteiger partial charge in [-0.3, -0.25) is 4.79 Å². The Hall–Kier alpha value is -2.50.